The lowest BCUT2D eigenvalue weighted by Crippen LogP contribution is -2.35. The second-order valence-corrected chi connectivity index (χ2v) is 5.90. The summed E-state index contributed by atoms with van der Waals surface area (Å²) in [5, 5.41) is -0.314. The standard InChI is InChI=1S/C10H12N2O4S/c1-2-16-8(13)10(4-5-10)17(14,15)9-11-6-3-7-12-9/h3,6-7H,2,4-5H2,1H3. The van der Waals surface area contributed by atoms with E-state index in [4.69, 9.17) is 4.74 Å². The van der Waals surface area contributed by atoms with Crippen molar-refractivity contribution in [3.05, 3.63) is 18.5 Å². The van der Waals surface area contributed by atoms with Crippen molar-refractivity contribution in [2.24, 2.45) is 0 Å². The molecule has 92 valence electrons. The molecule has 1 aliphatic carbocycles. The van der Waals surface area contributed by atoms with E-state index >= 15 is 0 Å². The molecule has 1 heterocycles. The van der Waals surface area contributed by atoms with Crippen LogP contribution in [0.25, 0.3) is 0 Å². The maximum absolute atomic E-state index is 12.2. The second kappa shape index (κ2) is 4.06. The molecule has 0 N–H and O–H groups in total. The Bertz CT molecular complexity index is 522. The zero-order valence-electron chi connectivity index (χ0n) is 9.29. The fourth-order valence-corrected chi connectivity index (χ4v) is 3.22. The maximum Gasteiger partial charge on any atom is 0.327 e. The van der Waals surface area contributed by atoms with Crippen molar-refractivity contribution in [1.82, 2.24) is 9.97 Å². The topological polar surface area (TPSA) is 86.2 Å². The Morgan fingerprint density at radius 2 is 2.00 bits per heavy atom. The molecule has 0 spiro atoms. The molecule has 0 bridgehead atoms. The molecule has 0 aromatic carbocycles. The molecule has 0 amide bonds. The molecule has 1 aliphatic rings. The minimum atomic E-state index is -3.85. The first-order valence-electron chi connectivity index (χ1n) is 5.23. The lowest BCUT2D eigenvalue weighted by Gasteiger charge is -2.13. The molecule has 17 heavy (non-hydrogen) atoms. The van der Waals surface area contributed by atoms with E-state index < -0.39 is 20.6 Å². The van der Waals surface area contributed by atoms with E-state index in [1.165, 1.54) is 18.5 Å². The first kappa shape index (κ1) is 12.0. The average molecular weight is 256 g/mol. The number of rotatable bonds is 4. The van der Waals surface area contributed by atoms with Gasteiger partial charge in [-0.3, -0.25) is 4.79 Å². The van der Waals surface area contributed by atoms with Crippen molar-refractivity contribution in [1.29, 1.82) is 0 Å². The molecule has 0 unspecified atom stereocenters. The van der Waals surface area contributed by atoms with Gasteiger partial charge in [-0.25, -0.2) is 18.4 Å². The number of sulfone groups is 1. The average Bonchev–Trinajstić information content (AvgIpc) is 3.12. The molecule has 0 aliphatic heterocycles. The van der Waals surface area contributed by atoms with Gasteiger partial charge < -0.3 is 4.74 Å². The summed E-state index contributed by atoms with van der Waals surface area (Å²) in [6.07, 6.45) is 3.21. The van der Waals surface area contributed by atoms with Crippen molar-refractivity contribution >= 4 is 15.8 Å². The number of carbonyl (C=O) groups excluding carboxylic acids is 1. The van der Waals surface area contributed by atoms with Crippen molar-refractivity contribution in [2.75, 3.05) is 6.61 Å². The van der Waals surface area contributed by atoms with Crippen LogP contribution in [0.2, 0.25) is 0 Å². The third kappa shape index (κ3) is 1.80. The molecule has 7 heteroatoms. The van der Waals surface area contributed by atoms with Gasteiger partial charge >= 0.3 is 5.97 Å². The van der Waals surface area contributed by atoms with E-state index in [0.717, 1.165) is 0 Å². The number of hydrogen-bond acceptors (Lipinski definition) is 6. The minimum absolute atomic E-state index is 0.158. The summed E-state index contributed by atoms with van der Waals surface area (Å²) in [6, 6.07) is 1.52. The Morgan fingerprint density at radius 1 is 1.41 bits per heavy atom. The predicted molar refractivity (Wildman–Crippen MR) is 57.8 cm³/mol. The summed E-state index contributed by atoms with van der Waals surface area (Å²) in [7, 11) is -3.85. The Balaban J connectivity index is 2.37. The van der Waals surface area contributed by atoms with Crippen LogP contribution < -0.4 is 0 Å². The smallest absolute Gasteiger partial charge is 0.327 e. The van der Waals surface area contributed by atoms with Crippen LogP contribution in [0.4, 0.5) is 0 Å². The fourth-order valence-electron chi connectivity index (χ4n) is 1.56. The highest BCUT2D eigenvalue weighted by molar-refractivity contribution is 7.93. The van der Waals surface area contributed by atoms with E-state index in [0.29, 0.717) is 0 Å². The summed E-state index contributed by atoms with van der Waals surface area (Å²) in [6.45, 7) is 1.80. The molecule has 0 atom stereocenters. The molecule has 0 radical (unpaired) electrons. The van der Waals surface area contributed by atoms with E-state index in [-0.39, 0.29) is 24.6 Å². The molecule has 0 saturated heterocycles. The minimum Gasteiger partial charge on any atom is -0.465 e. The second-order valence-electron chi connectivity index (χ2n) is 3.75. The molecular weight excluding hydrogens is 244 g/mol. The summed E-state index contributed by atoms with van der Waals surface area (Å²) < 4.78 is 27.8. The van der Waals surface area contributed by atoms with Gasteiger partial charge in [0.15, 0.2) is 4.75 Å². The normalized spacial score (nSPS) is 17.5. The fraction of sp³-hybridized carbons (Fsp3) is 0.500. The van der Waals surface area contributed by atoms with Gasteiger partial charge in [0.25, 0.3) is 0 Å². The first-order valence-corrected chi connectivity index (χ1v) is 6.72. The van der Waals surface area contributed by atoms with Crippen LogP contribution in [-0.4, -0.2) is 35.7 Å². The van der Waals surface area contributed by atoms with Crippen LogP contribution in [0.5, 0.6) is 0 Å². The highest BCUT2D eigenvalue weighted by atomic mass is 32.2. The molecule has 1 aromatic heterocycles. The summed E-state index contributed by atoms with van der Waals surface area (Å²) in [5.74, 6) is -0.701. The summed E-state index contributed by atoms with van der Waals surface area (Å²) in [5.41, 5.74) is 0. The third-order valence-corrected chi connectivity index (χ3v) is 4.94. The number of nitrogens with zero attached hydrogens (tertiary/aromatic N) is 2. The Hall–Kier alpha value is -1.50. The van der Waals surface area contributed by atoms with E-state index in [2.05, 4.69) is 9.97 Å². The maximum atomic E-state index is 12.2. The first-order chi connectivity index (χ1) is 8.04. The van der Waals surface area contributed by atoms with E-state index in [1.54, 1.807) is 6.92 Å². The van der Waals surface area contributed by atoms with Crippen LogP contribution >= 0.6 is 0 Å². The molecule has 6 nitrogen and oxygen atoms in total. The lowest BCUT2D eigenvalue weighted by atomic mass is 10.4. The van der Waals surface area contributed by atoms with Gasteiger partial charge in [0, 0.05) is 12.4 Å². The van der Waals surface area contributed by atoms with Gasteiger partial charge in [0.1, 0.15) is 0 Å². The van der Waals surface area contributed by atoms with Gasteiger partial charge in [-0.05, 0) is 25.8 Å². The van der Waals surface area contributed by atoms with Gasteiger partial charge in [-0.15, -0.1) is 0 Å². The van der Waals surface area contributed by atoms with E-state index in [1.807, 2.05) is 0 Å². The van der Waals surface area contributed by atoms with Crippen LogP contribution in [0.1, 0.15) is 19.8 Å². The number of aromatic nitrogens is 2. The van der Waals surface area contributed by atoms with Crippen molar-refractivity contribution in [2.45, 2.75) is 29.7 Å². The van der Waals surface area contributed by atoms with Crippen LogP contribution in [0.3, 0.4) is 0 Å². The molecule has 1 saturated carbocycles. The Labute approximate surface area is 99.0 Å². The number of hydrogen-bond donors (Lipinski definition) is 0. The van der Waals surface area contributed by atoms with Gasteiger partial charge in [-0.2, -0.15) is 0 Å². The van der Waals surface area contributed by atoms with Gasteiger partial charge in [0.2, 0.25) is 15.0 Å². The highest BCUT2D eigenvalue weighted by Crippen LogP contribution is 2.46. The van der Waals surface area contributed by atoms with Gasteiger partial charge in [0.05, 0.1) is 6.61 Å². The van der Waals surface area contributed by atoms with Crippen LogP contribution in [-0.2, 0) is 19.4 Å². The van der Waals surface area contributed by atoms with Crippen LogP contribution in [0.15, 0.2) is 23.6 Å². The molecule has 1 fully saturated rings. The highest BCUT2D eigenvalue weighted by Gasteiger charge is 2.63. The monoisotopic (exact) mass is 256 g/mol. The largest absolute Gasteiger partial charge is 0.465 e. The third-order valence-electron chi connectivity index (χ3n) is 2.65. The quantitative estimate of drug-likeness (QED) is 0.570. The Morgan fingerprint density at radius 3 is 2.47 bits per heavy atom. The van der Waals surface area contributed by atoms with Gasteiger partial charge in [-0.1, -0.05) is 0 Å². The Kier molecular flexibility index (Phi) is 2.86. The van der Waals surface area contributed by atoms with Crippen molar-refractivity contribution in [3.63, 3.8) is 0 Å². The number of ether oxygens (including phenoxy) is 1. The lowest BCUT2D eigenvalue weighted by molar-refractivity contribution is -0.143. The number of esters is 1. The van der Waals surface area contributed by atoms with Crippen molar-refractivity contribution < 1.29 is 17.9 Å². The van der Waals surface area contributed by atoms with Crippen LogP contribution in [0, 0.1) is 0 Å². The van der Waals surface area contributed by atoms with Crippen molar-refractivity contribution in [3.8, 4) is 0 Å². The molecular formula is C10H12N2O4S. The van der Waals surface area contributed by atoms with E-state index in [9.17, 15) is 13.2 Å². The number of carbonyl (C=O) groups is 1. The predicted octanol–water partition coefficient (Wildman–Crippen LogP) is 0.346. The summed E-state index contributed by atoms with van der Waals surface area (Å²) >= 11 is 0. The zero-order chi connectivity index (χ0) is 12.5. The molecule has 2 rings (SSSR count). The zero-order valence-corrected chi connectivity index (χ0v) is 10.1. The molecule has 1 aromatic rings. The summed E-state index contributed by atoms with van der Waals surface area (Å²) in [4.78, 5) is 19.1. The SMILES string of the molecule is CCOC(=O)C1(S(=O)(=O)c2ncccn2)CC1.